The molecule has 2 N–H and O–H groups in total. The molecule has 0 saturated carbocycles. The van der Waals surface area contributed by atoms with Gasteiger partial charge in [-0.1, -0.05) is 60.7 Å². The molecule has 4 nitrogen and oxygen atoms in total. The molecule has 0 bridgehead atoms. The molecule has 0 fully saturated rings. The molecule has 0 amide bonds. The molecule has 0 saturated heterocycles. The van der Waals surface area contributed by atoms with E-state index in [-0.39, 0.29) is 6.04 Å². The second-order valence-corrected chi connectivity index (χ2v) is 5.32. The minimum absolute atomic E-state index is 0.264. The molecule has 1 atom stereocenters. The largest absolute Gasteiger partial charge is 0.424 e. The lowest BCUT2D eigenvalue weighted by atomic mass is 10.1. The zero-order valence-corrected chi connectivity index (χ0v) is 12.4. The van der Waals surface area contributed by atoms with E-state index < -0.39 is 0 Å². The summed E-state index contributed by atoms with van der Waals surface area (Å²) < 4.78 is 5.69. The average Bonchev–Trinajstić information content (AvgIpc) is 3.04. The van der Waals surface area contributed by atoms with E-state index in [1.165, 1.54) is 11.1 Å². The first kappa shape index (κ1) is 14.5. The molecule has 1 unspecified atom stereocenters. The summed E-state index contributed by atoms with van der Waals surface area (Å²) in [6.07, 6.45) is 2.31. The van der Waals surface area contributed by atoms with Crippen LogP contribution in [-0.2, 0) is 19.3 Å². The van der Waals surface area contributed by atoms with E-state index in [1.54, 1.807) is 0 Å². The summed E-state index contributed by atoms with van der Waals surface area (Å²) in [6, 6.07) is 20.1. The average molecular weight is 293 g/mol. The number of aromatic nitrogens is 2. The van der Waals surface area contributed by atoms with Crippen molar-refractivity contribution in [1.82, 2.24) is 10.2 Å². The highest BCUT2D eigenvalue weighted by Crippen LogP contribution is 2.15. The molecule has 0 radical (unpaired) electrons. The lowest BCUT2D eigenvalue weighted by Gasteiger charge is -2.06. The SMILES string of the molecule is NC(Cc1ccccc1)c1nnc(CCc2ccccc2)o1. The van der Waals surface area contributed by atoms with E-state index in [0.717, 1.165) is 12.8 Å². The summed E-state index contributed by atoms with van der Waals surface area (Å²) in [5.41, 5.74) is 8.58. The summed E-state index contributed by atoms with van der Waals surface area (Å²) in [4.78, 5) is 0. The molecule has 0 aliphatic heterocycles. The van der Waals surface area contributed by atoms with Gasteiger partial charge in [0.05, 0.1) is 6.04 Å². The van der Waals surface area contributed by atoms with Gasteiger partial charge in [-0.25, -0.2) is 0 Å². The predicted octanol–water partition coefficient (Wildman–Crippen LogP) is 3.10. The van der Waals surface area contributed by atoms with Gasteiger partial charge in [-0.05, 0) is 24.0 Å². The van der Waals surface area contributed by atoms with Gasteiger partial charge in [0.2, 0.25) is 11.8 Å². The molecule has 2 aromatic carbocycles. The van der Waals surface area contributed by atoms with Crippen LogP contribution in [0, 0.1) is 0 Å². The molecule has 22 heavy (non-hydrogen) atoms. The lowest BCUT2D eigenvalue weighted by molar-refractivity contribution is 0.415. The highest BCUT2D eigenvalue weighted by Gasteiger charge is 2.15. The number of hydrogen-bond donors (Lipinski definition) is 1. The number of aryl methyl sites for hydroxylation is 2. The molecule has 3 rings (SSSR count). The third-order valence-electron chi connectivity index (χ3n) is 3.57. The molecule has 3 aromatic rings. The molecule has 1 aromatic heterocycles. The zero-order chi connectivity index (χ0) is 15.2. The molecule has 112 valence electrons. The number of rotatable bonds is 6. The Morgan fingerprint density at radius 2 is 1.45 bits per heavy atom. The second-order valence-electron chi connectivity index (χ2n) is 5.32. The molecular weight excluding hydrogens is 274 g/mol. The van der Waals surface area contributed by atoms with Gasteiger partial charge < -0.3 is 10.2 Å². The van der Waals surface area contributed by atoms with Gasteiger partial charge in [0.15, 0.2) is 0 Å². The number of nitrogens with zero attached hydrogens (tertiary/aromatic N) is 2. The number of hydrogen-bond acceptors (Lipinski definition) is 4. The summed E-state index contributed by atoms with van der Waals surface area (Å²) >= 11 is 0. The quantitative estimate of drug-likeness (QED) is 0.758. The Kier molecular flexibility index (Phi) is 4.61. The van der Waals surface area contributed by atoms with Gasteiger partial charge in [-0.15, -0.1) is 10.2 Å². The van der Waals surface area contributed by atoms with Crippen LogP contribution in [0.25, 0.3) is 0 Å². The van der Waals surface area contributed by atoms with Crippen LogP contribution in [0.15, 0.2) is 65.1 Å². The molecule has 1 heterocycles. The van der Waals surface area contributed by atoms with E-state index in [4.69, 9.17) is 10.2 Å². The maximum atomic E-state index is 6.15. The Bertz CT molecular complexity index is 695. The van der Waals surface area contributed by atoms with Crippen molar-refractivity contribution in [2.45, 2.75) is 25.3 Å². The summed E-state index contributed by atoms with van der Waals surface area (Å²) in [5, 5.41) is 8.18. The van der Waals surface area contributed by atoms with E-state index >= 15 is 0 Å². The standard InChI is InChI=1S/C18H19N3O/c19-16(13-15-9-5-2-6-10-15)18-21-20-17(22-18)12-11-14-7-3-1-4-8-14/h1-10,16H,11-13,19H2. The number of benzene rings is 2. The summed E-state index contributed by atoms with van der Waals surface area (Å²) in [6.45, 7) is 0. The van der Waals surface area contributed by atoms with Crippen molar-refractivity contribution in [2.75, 3.05) is 0 Å². The van der Waals surface area contributed by atoms with Crippen molar-refractivity contribution in [1.29, 1.82) is 0 Å². The lowest BCUT2D eigenvalue weighted by Crippen LogP contribution is -2.13. The third kappa shape index (κ3) is 3.80. The van der Waals surface area contributed by atoms with Gasteiger partial charge in [0, 0.05) is 6.42 Å². The van der Waals surface area contributed by atoms with Gasteiger partial charge in [0.25, 0.3) is 0 Å². The van der Waals surface area contributed by atoms with E-state index in [0.29, 0.717) is 18.2 Å². The van der Waals surface area contributed by atoms with Crippen molar-refractivity contribution >= 4 is 0 Å². The van der Waals surface area contributed by atoms with Crippen molar-refractivity contribution in [2.24, 2.45) is 5.73 Å². The topological polar surface area (TPSA) is 64.9 Å². The van der Waals surface area contributed by atoms with Crippen molar-refractivity contribution < 1.29 is 4.42 Å². The maximum absolute atomic E-state index is 6.15. The first-order chi connectivity index (χ1) is 10.8. The van der Waals surface area contributed by atoms with Crippen LogP contribution >= 0.6 is 0 Å². The van der Waals surface area contributed by atoms with Crippen LogP contribution in [0.5, 0.6) is 0 Å². The minimum Gasteiger partial charge on any atom is -0.424 e. The number of nitrogens with two attached hydrogens (primary N) is 1. The van der Waals surface area contributed by atoms with E-state index in [9.17, 15) is 0 Å². The fourth-order valence-electron chi connectivity index (χ4n) is 2.37. The molecule has 0 spiro atoms. The Morgan fingerprint density at radius 1 is 0.818 bits per heavy atom. The maximum Gasteiger partial charge on any atom is 0.233 e. The predicted molar refractivity (Wildman–Crippen MR) is 85.2 cm³/mol. The molecule has 0 aliphatic carbocycles. The molecule has 0 aliphatic rings. The molecule has 4 heteroatoms. The van der Waals surface area contributed by atoms with E-state index in [1.807, 2.05) is 48.5 Å². The van der Waals surface area contributed by atoms with Crippen LogP contribution in [0.1, 0.15) is 29.0 Å². The Labute approximate surface area is 130 Å². The second kappa shape index (κ2) is 7.00. The van der Waals surface area contributed by atoms with Crippen LogP contribution < -0.4 is 5.73 Å². The highest BCUT2D eigenvalue weighted by molar-refractivity contribution is 5.17. The minimum atomic E-state index is -0.264. The van der Waals surface area contributed by atoms with E-state index in [2.05, 4.69) is 22.3 Å². The molecular formula is C18H19N3O. The van der Waals surface area contributed by atoms with Crippen molar-refractivity contribution in [3.8, 4) is 0 Å². The highest BCUT2D eigenvalue weighted by atomic mass is 16.4. The summed E-state index contributed by atoms with van der Waals surface area (Å²) in [5.74, 6) is 1.15. The first-order valence-electron chi connectivity index (χ1n) is 7.47. The van der Waals surface area contributed by atoms with Gasteiger partial charge in [-0.3, -0.25) is 0 Å². The fourth-order valence-corrected chi connectivity index (χ4v) is 2.37. The van der Waals surface area contributed by atoms with Crippen LogP contribution in [0.4, 0.5) is 0 Å². The monoisotopic (exact) mass is 293 g/mol. The smallest absolute Gasteiger partial charge is 0.233 e. The Morgan fingerprint density at radius 3 is 2.14 bits per heavy atom. The van der Waals surface area contributed by atoms with Gasteiger partial charge >= 0.3 is 0 Å². The Balaban J connectivity index is 1.58. The third-order valence-corrected chi connectivity index (χ3v) is 3.57. The zero-order valence-electron chi connectivity index (χ0n) is 12.4. The van der Waals surface area contributed by atoms with Crippen LogP contribution in [-0.4, -0.2) is 10.2 Å². The van der Waals surface area contributed by atoms with Crippen LogP contribution in [0.2, 0.25) is 0 Å². The fraction of sp³-hybridized carbons (Fsp3) is 0.222. The van der Waals surface area contributed by atoms with Gasteiger partial charge in [0.1, 0.15) is 0 Å². The first-order valence-corrected chi connectivity index (χ1v) is 7.47. The van der Waals surface area contributed by atoms with Crippen molar-refractivity contribution in [3.63, 3.8) is 0 Å². The normalized spacial score (nSPS) is 12.2. The Hall–Kier alpha value is -2.46. The van der Waals surface area contributed by atoms with Gasteiger partial charge in [-0.2, -0.15) is 0 Å². The van der Waals surface area contributed by atoms with Crippen LogP contribution in [0.3, 0.4) is 0 Å². The van der Waals surface area contributed by atoms with Crippen molar-refractivity contribution in [3.05, 3.63) is 83.6 Å². The summed E-state index contributed by atoms with van der Waals surface area (Å²) in [7, 11) is 0.